The second-order valence-electron chi connectivity index (χ2n) is 5.14. The van der Waals surface area contributed by atoms with E-state index in [9.17, 15) is 0 Å². The minimum atomic E-state index is 0.557. The summed E-state index contributed by atoms with van der Waals surface area (Å²) in [5.41, 5.74) is 2.94. The van der Waals surface area contributed by atoms with Crippen LogP contribution in [0.25, 0.3) is 11.3 Å². The van der Waals surface area contributed by atoms with E-state index in [4.69, 9.17) is 4.74 Å². The van der Waals surface area contributed by atoms with Crippen LogP contribution in [0, 0.1) is 5.92 Å². The van der Waals surface area contributed by atoms with Crippen LogP contribution in [0.5, 0.6) is 0 Å². The van der Waals surface area contributed by atoms with Gasteiger partial charge in [0.1, 0.15) is 0 Å². The molecule has 0 unspecified atom stereocenters. The zero-order valence-corrected chi connectivity index (χ0v) is 13.1. The highest BCUT2D eigenvalue weighted by molar-refractivity contribution is 9.10. The zero-order valence-electron chi connectivity index (χ0n) is 11.6. The first-order valence-corrected chi connectivity index (χ1v) is 7.82. The number of halogens is 1. The van der Waals surface area contributed by atoms with E-state index in [1.54, 1.807) is 6.20 Å². The Morgan fingerprint density at radius 1 is 1.45 bits per heavy atom. The van der Waals surface area contributed by atoms with Gasteiger partial charge in [-0.1, -0.05) is 0 Å². The summed E-state index contributed by atoms with van der Waals surface area (Å²) in [7, 11) is 0. The fourth-order valence-corrected chi connectivity index (χ4v) is 2.59. The van der Waals surface area contributed by atoms with E-state index in [0.717, 1.165) is 40.5 Å². The predicted molar refractivity (Wildman–Crippen MR) is 81.2 cm³/mol. The number of aromatic nitrogens is 3. The Morgan fingerprint density at radius 3 is 3.00 bits per heavy atom. The number of nitrogens with zero attached hydrogens (tertiary/aromatic N) is 3. The molecule has 0 atom stereocenters. The van der Waals surface area contributed by atoms with Gasteiger partial charge < -0.3 is 4.74 Å². The minimum absolute atomic E-state index is 0.557. The van der Waals surface area contributed by atoms with Crippen LogP contribution in [0.4, 0.5) is 0 Å². The topological polar surface area (TPSA) is 39.9 Å². The molecule has 0 aromatic carbocycles. The summed E-state index contributed by atoms with van der Waals surface area (Å²) >= 11 is 3.56. The SMILES string of the molecule is CCn1cc(-c2ncccc2Br)c(COCC2CC2)n1. The van der Waals surface area contributed by atoms with E-state index >= 15 is 0 Å². The molecule has 1 fully saturated rings. The maximum atomic E-state index is 5.78. The summed E-state index contributed by atoms with van der Waals surface area (Å²) in [6, 6.07) is 3.92. The third-order valence-corrected chi connectivity index (χ3v) is 4.10. The van der Waals surface area contributed by atoms with Crippen molar-refractivity contribution in [2.24, 2.45) is 5.92 Å². The first-order valence-electron chi connectivity index (χ1n) is 7.03. The molecule has 1 saturated carbocycles. The van der Waals surface area contributed by atoms with Crippen LogP contribution in [0.2, 0.25) is 0 Å². The molecule has 20 heavy (non-hydrogen) atoms. The summed E-state index contributed by atoms with van der Waals surface area (Å²) in [5.74, 6) is 0.772. The van der Waals surface area contributed by atoms with Crippen molar-refractivity contribution in [1.29, 1.82) is 0 Å². The Balaban J connectivity index is 1.83. The van der Waals surface area contributed by atoms with Crippen molar-refractivity contribution in [2.45, 2.75) is 32.9 Å². The van der Waals surface area contributed by atoms with Crippen molar-refractivity contribution in [3.8, 4) is 11.3 Å². The molecule has 0 bridgehead atoms. The van der Waals surface area contributed by atoms with E-state index in [1.807, 2.05) is 23.0 Å². The number of hydrogen-bond donors (Lipinski definition) is 0. The van der Waals surface area contributed by atoms with Crippen molar-refractivity contribution in [3.05, 3.63) is 34.7 Å². The first-order chi connectivity index (χ1) is 9.78. The lowest BCUT2D eigenvalue weighted by Gasteiger charge is -2.04. The van der Waals surface area contributed by atoms with Crippen LogP contribution in [0.15, 0.2) is 29.0 Å². The standard InChI is InChI=1S/C15H18BrN3O/c1-2-19-8-12(15-13(16)4-3-7-17-15)14(18-19)10-20-9-11-5-6-11/h3-4,7-8,11H,2,5-6,9-10H2,1H3. The van der Waals surface area contributed by atoms with Crippen LogP contribution >= 0.6 is 15.9 Å². The monoisotopic (exact) mass is 335 g/mol. The predicted octanol–water partition coefficient (Wildman–Crippen LogP) is 3.65. The van der Waals surface area contributed by atoms with Gasteiger partial charge in [0.15, 0.2) is 0 Å². The van der Waals surface area contributed by atoms with E-state index in [1.165, 1.54) is 12.8 Å². The van der Waals surface area contributed by atoms with Crippen LogP contribution in [-0.2, 0) is 17.9 Å². The molecular weight excluding hydrogens is 318 g/mol. The highest BCUT2D eigenvalue weighted by Crippen LogP contribution is 2.31. The van der Waals surface area contributed by atoms with Gasteiger partial charge in [-0.2, -0.15) is 5.10 Å². The van der Waals surface area contributed by atoms with Crippen LogP contribution < -0.4 is 0 Å². The van der Waals surface area contributed by atoms with Gasteiger partial charge in [-0.15, -0.1) is 0 Å². The fourth-order valence-electron chi connectivity index (χ4n) is 2.12. The molecule has 1 aliphatic rings. The molecule has 1 aliphatic carbocycles. The van der Waals surface area contributed by atoms with Gasteiger partial charge >= 0.3 is 0 Å². The maximum absolute atomic E-state index is 5.78. The normalized spacial score (nSPS) is 14.7. The van der Waals surface area contributed by atoms with Crippen molar-refractivity contribution in [1.82, 2.24) is 14.8 Å². The molecule has 2 aromatic rings. The van der Waals surface area contributed by atoms with Gasteiger partial charge in [-0.3, -0.25) is 9.67 Å². The third kappa shape index (κ3) is 3.10. The second kappa shape index (κ2) is 6.06. The van der Waals surface area contributed by atoms with Crippen LogP contribution in [0.3, 0.4) is 0 Å². The fraction of sp³-hybridized carbons (Fsp3) is 0.467. The largest absolute Gasteiger partial charge is 0.375 e. The van der Waals surface area contributed by atoms with Crippen molar-refractivity contribution in [2.75, 3.05) is 6.61 Å². The molecule has 5 heteroatoms. The van der Waals surface area contributed by atoms with Gasteiger partial charge in [0.2, 0.25) is 0 Å². The molecule has 4 nitrogen and oxygen atoms in total. The van der Waals surface area contributed by atoms with Gasteiger partial charge in [0.05, 0.1) is 18.0 Å². The Bertz CT molecular complexity index is 593. The van der Waals surface area contributed by atoms with Crippen molar-refractivity contribution in [3.63, 3.8) is 0 Å². The third-order valence-electron chi connectivity index (χ3n) is 3.47. The molecule has 2 heterocycles. The van der Waals surface area contributed by atoms with Gasteiger partial charge in [-0.25, -0.2) is 0 Å². The molecule has 0 saturated heterocycles. The molecule has 0 aliphatic heterocycles. The highest BCUT2D eigenvalue weighted by atomic mass is 79.9. The summed E-state index contributed by atoms with van der Waals surface area (Å²) in [6.45, 7) is 4.34. The quantitative estimate of drug-likeness (QED) is 0.808. The number of pyridine rings is 1. The Hall–Kier alpha value is -1.20. The molecular formula is C15H18BrN3O. The minimum Gasteiger partial charge on any atom is -0.375 e. The summed E-state index contributed by atoms with van der Waals surface area (Å²) in [5, 5.41) is 4.59. The number of ether oxygens (including phenoxy) is 1. The average molecular weight is 336 g/mol. The maximum Gasteiger partial charge on any atom is 0.0976 e. The molecule has 0 radical (unpaired) electrons. The lowest BCUT2D eigenvalue weighted by atomic mass is 10.1. The lowest BCUT2D eigenvalue weighted by molar-refractivity contribution is 0.108. The molecule has 0 N–H and O–H groups in total. The van der Waals surface area contributed by atoms with E-state index in [0.29, 0.717) is 6.61 Å². The van der Waals surface area contributed by atoms with Gasteiger partial charge in [-0.05, 0) is 53.7 Å². The van der Waals surface area contributed by atoms with Gasteiger partial charge in [0, 0.05) is 35.6 Å². The summed E-state index contributed by atoms with van der Waals surface area (Å²) < 4.78 is 8.71. The van der Waals surface area contributed by atoms with Crippen LogP contribution in [0.1, 0.15) is 25.5 Å². The smallest absolute Gasteiger partial charge is 0.0976 e. The second-order valence-corrected chi connectivity index (χ2v) is 5.99. The average Bonchev–Trinajstić information content (AvgIpc) is 3.19. The number of hydrogen-bond acceptors (Lipinski definition) is 3. The molecule has 3 rings (SSSR count). The molecule has 2 aromatic heterocycles. The lowest BCUT2D eigenvalue weighted by Crippen LogP contribution is -2.01. The highest BCUT2D eigenvalue weighted by Gasteiger charge is 2.22. The Kier molecular flexibility index (Phi) is 4.17. The number of aryl methyl sites for hydroxylation is 1. The molecule has 0 spiro atoms. The van der Waals surface area contributed by atoms with Gasteiger partial charge in [0.25, 0.3) is 0 Å². The van der Waals surface area contributed by atoms with E-state index in [2.05, 4.69) is 32.9 Å². The molecule has 0 amide bonds. The summed E-state index contributed by atoms with van der Waals surface area (Å²) in [6.07, 6.45) is 6.46. The Labute approximate surface area is 127 Å². The first kappa shape index (κ1) is 13.8. The number of rotatable bonds is 6. The van der Waals surface area contributed by atoms with E-state index < -0.39 is 0 Å². The Morgan fingerprint density at radius 2 is 2.30 bits per heavy atom. The van der Waals surface area contributed by atoms with Crippen molar-refractivity contribution >= 4 is 15.9 Å². The van der Waals surface area contributed by atoms with E-state index in [-0.39, 0.29) is 0 Å². The zero-order chi connectivity index (χ0) is 13.9. The molecule has 106 valence electrons. The van der Waals surface area contributed by atoms with Crippen molar-refractivity contribution < 1.29 is 4.74 Å². The van der Waals surface area contributed by atoms with Crippen LogP contribution in [-0.4, -0.2) is 21.4 Å². The summed E-state index contributed by atoms with van der Waals surface area (Å²) in [4.78, 5) is 4.46.